The molecule has 1 aliphatic heterocycles. The summed E-state index contributed by atoms with van der Waals surface area (Å²) in [5.41, 5.74) is 1.82. The molecule has 1 amide bonds. The number of piperazine rings is 1. The average molecular weight is 327 g/mol. The minimum absolute atomic E-state index is 0.0965. The molecule has 2 rings (SSSR count). The predicted molar refractivity (Wildman–Crippen MR) is 78.3 cm³/mol. The molecule has 0 aliphatic carbocycles. The SMILES string of the molecule is Cc1cc(C(=O)N2CCN(CCO)CC2)ccc1Br. The summed E-state index contributed by atoms with van der Waals surface area (Å²) < 4.78 is 1.02. The summed E-state index contributed by atoms with van der Waals surface area (Å²) in [6.07, 6.45) is 0. The Morgan fingerprint density at radius 1 is 1.32 bits per heavy atom. The molecule has 104 valence electrons. The van der Waals surface area contributed by atoms with Crippen LogP contribution in [0, 0.1) is 6.92 Å². The van der Waals surface area contributed by atoms with Gasteiger partial charge in [-0.05, 0) is 30.7 Å². The van der Waals surface area contributed by atoms with E-state index in [0.717, 1.165) is 41.8 Å². The number of hydrogen-bond donors (Lipinski definition) is 1. The number of carbonyl (C=O) groups is 1. The molecule has 0 unspecified atom stereocenters. The highest BCUT2D eigenvalue weighted by Crippen LogP contribution is 2.18. The fourth-order valence-electron chi connectivity index (χ4n) is 2.28. The van der Waals surface area contributed by atoms with Crippen molar-refractivity contribution in [2.45, 2.75) is 6.92 Å². The Labute approximate surface area is 122 Å². The van der Waals surface area contributed by atoms with Gasteiger partial charge in [0, 0.05) is 42.8 Å². The maximum Gasteiger partial charge on any atom is 0.253 e. The number of aliphatic hydroxyl groups excluding tert-OH is 1. The fraction of sp³-hybridized carbons (Fsp3) is 0.500. The van der Waals surface area contributed by atoms with Crippen LogP contribution in [0.3, 0.4) is 0 Å². The highest BCUT2D eigenvalue weighted by Gasteiger charge is 2.21. The third-order valence-corrected chi connectivity index (χ3v) is 4.37. The average Bonchev–Trinajstić information content (AvgIpc) is 2.42. The van der Waals surface area contributed by atoms with Gasteiger partial charge in [0.15, 0.2) is 0 Å². The van der Waals surface area contributed by atoms with Crippen molar-refractivity contribution in [3.8, 4) is 0 Å². The van der Waals surface area contributed by atoms with E-state index >= 15 is 0 Å². The number of aliphatic hydroxyl groups is 1. The van der Waals surface area contributed by atoms with Gasteiger partial charge in [0.25, 0.3) is 5.91 Å². The maximum atomic E-state index is 12.4. The van der Waals surface area contributed by atoms with E-state index in [9.17, 15) is 4.79 Å². The number of rotatable bonds is 3. The van der Waals surface area contributed by atoms with Gasteiger partial charge in [-0.1, -0.05) is 15.9 Å². The van der Waals surface area contributed by atoms with E-state index in [1.165, 1.54) is 0 Å². The molecule has 0 bridgehead atoms. The standard InChI is InChI=1S/C14H19BrN2O2/c1-11-10-12(2-3-13(11)15)14(19)17-6-4-16(5-7-17)8-9-18/h2-3,10,18H,4-9H2,1H3. The molecular formula is C14H19BrN2O2. The van der Waals surface area contributed by atoms with Gasteiger partial charge in [0.1, 0.15) is 0 Å². The maximum absolute atomic E-state index is 12.4. The lowest BCUT2D eigenvalue weighted by Crippen LogP contribution is -2.49. The molecular weight excluding hydrogens is 308 g/mol. The lowest BCUT2D eigenvalue weighted by Gasteiger charge is -2.34. The van der Waals surface area contributed by atoms with Gasteiger partial charge in [0.2, 0.25) is 0 Å². The topological polar surface area (TPSA) is 43.8 Å². The zero-order valence-electron chi connectivity index (χ0n) is 11.1. The highest BCUT2D eigenvalue weighted by molar-refractivity contribution is 9.10. The third kappa shape index (κ3) is 3.55. The molecule has 0 atom stereocenters. The minimum Gasteiger partial charge on any atom is -0.395 e. The molecule has 1 saturated heterocycles. The lowest BCUT2D eigenvalue weighted by atomic mass is 10.1. The first kappa shape index (κ1) is 14.5. The largest absolute Gasteiger partial charge is 0.395 e. The molecule has 5 heteroatoms. The third-order valence-electron chi connectivity index (χ3n) is 3.48. The van der Waals surface area contributed by atoms with Crippen LogP contribution in [-0.2, 0) is 0 Å². The van der Waals surface area contributed by atoms with Crippen molar-refractivity contribution >= 4 is 21.8 Å². The van der Waals surface area contributed by atoms with Crippen LogP contribution in [0.4, 0.5) is 0 Å². The Morgan fingerprint density at radius 3 is 2.58 bits per heavy atom. The molecule has 1 aromatic carbocycles. The Balaban J connectivity index is 1.99. The Kier molecular flexibility index (Phi) is 4.96. The monoisotopic (exact) mass is 326 g/mol. The number of benzene rings is 1. The molecule has 1 fully saturated rings. The van der Waals surface area contributed by atoms with Crippen molar-refractivity contribution in [3.63, 3.8) is 0 Å². The van der Waals surface area contributed by atoms with E-state index in [1.807, 2.05) is 30.0 Å². The molecule has 0 radical (unpaired) electrons. The predicted octanol–water partition coefficient (Wildman–Crippen LogP) is 1.51. The molecule has 0 spiro atoms. The van der Waals surface area contributed by atoms with Crippen LogP contribution in [0.5, 0.6) is 0 Å². The second kappa shape index (κ2) is 6.50. The van der Waals surface area contributed by atoms with Gasteiger partial charge in [0.05, 0.1) is 6.61 Å². The summed E-state index contributed by atoms with van der Waals surface area (Å²) in [5.74, 6) is 0.0965. The minimum atomic E-state index is 0.0965. The molecule has 0 aromatic heterocycles. The number of hydrogen-bond acceptors (Lipinski definition) is 3. The summed E-state index contributed by atoms with van der Waals surface area (Å²) >= 11 is 3.44. The van der Waals surface area contributed by atoms with E-state index in [0.29, 0.717) is 6.54 Å². The fourth-order valence-corrected chi connectivity index (χ4v) is 2.52. The zero-order valence-corrected chi connectivity index (χ0v) is 12.7. The van der Waals surface area contributed by atoms with Crippen LogP contribution in [0.2, 0.25) is 0 Å². The van der Waals surface area contributed by atoms with E-state index in [2.05, 4.69) is 20.8 Å². The molecule has 1 aromatic rings. The van der Waals surface area contributed by atoms with E-state index < -0.39 is 0 Å². The summed E-state index contributed by atoms with van der Waals surface area (Å²) in [5, 5.41) is 8.90. The van der Waals surface area contributed by atoms with Crippen molar-refractivity contribution < 1.29 is 9.90 Å². The van der Waals surface area contributed by atoms with Gasteiger partial charge in [-0.2, -0.15) is 0 Å². The molecule has 0 saturated carbocycles. The smallest absolute Gasteiger partial charge is 0.253 e. The van der Waals surface area contributed by atoms with Crippen LogP contribution in [0.15, 0.2) is 22.7 Å². The molecule has 1 aliphatic rings. The second-order valence-electron chi connectivity index (χ2n) is 4.82. The van der Waals surface area contributed by atoms with Gasteiger partial charge in [-0.3, -0.25) is 9.69 Å². The number of amides is 1. The van der Waals surface area contributed by atoms with E-state index in [1.54, 1.807) is 0 Å². The number of nitrogens with zero attached hydrogens (tertiary/aromatic N) is 2. The van der Waals surface area contributed by atoms with Crippen LogP contribution in [-0.4, -0.2) is 60.1 Å². The number of β-amino-alcohol motifs (C(OH)–C–C–N with tert-alkyl or cyclic N) is 1. The zero-order chi connectivity index (χ0) is 13.8. The number of carbonyl (C=O) groups excluding carboxylic acids is 1. The highest BCUT2D eigenvalue weighted by atomic mass is 79.9. The first-order chi connectivity index (χ1) is 9.11. The number of halogens is 1. The van der Waals surface area contributed by atoms with Gasteiger partial charge in [-0.25, -0.2) is 0 Å². The first-order valence-corrected chi connectivity index (χ1v) is 7.30. The van der Waals surface area contributed by atoms with Crippen molar-refractivity contribution in [2.75, 3.05) is 39.3 Å². The van der Waals surface area contributed by atoms with Crippen molar-refractivity contribution in [1.29, 1.82) is 0 Å². The second-order valence-corrected chi connectivity index (χ2v) is 5.68. The van der Waals surface area contributed by atoms with Gasteiger partial charge >= 0.3 is 0 Å². The van der Waals surface area contributed by atoms with Crippen LogP contribution in [0.25, 0.3) is 0 Å². The Morgan fingerprint density at radius 2 is 2.00 bits per heavy atom. The quantitative estimate of drug-likeness (QED) is 0.915. The molecule has 1 N–H and O–H groups in total. The number of aryl methyl sites for hydroxylation is 1. The van der Waals surface area contributed by atoms with E-state index in [4.69, 9.17) is 5.11 Å². The van der Waals surface area contributed by atoms with Crippen LogP contribution >= 0.6 is 15.9 Å². The van der Waals surface area contributed by atoms with Crippen LogP contribution < -0.4 is 0 Å². The van der Waals surface area contributed by atoms with Crippen LogP contribution in [0.1, 0.15) is 15.9 Å². The van der Waals surface area contributed by atoms with Crippen molar-refractivity contribution in [2.24, 2.45) is 0 Å². The Bertz CT molecular complexity index is 457. The van der Waals surface area contributed by atoms with Crippen molar-refractivity contribution in [3.05, 3.63) is 33.8 Å². The van der Waals surface area contributed by atoms with E-state index in [-0.39, 0.29) is 12.5 Å². The summed E-state index contributed by atoms with van der Waals surface area (Å²) in [7, 11) is 0. The summed E-state index contributed by atoms with van der Waals surface area (Å²) in [4.78, 5) is 16.4. The molecule has 1 heterocycles. The molecule has 4 nitrogen and oxygen atoms in total. The van der Waals surface area contributed by atoms with Crippen molar-refractivity contribution in [1.82, 2.24) is 9.80 Å². The van der Waals surface area contributed by atoms with Gasteiger partial charge in [-0.15, -0.1) is 0 Å². The summed E-state index contributed by atoms with van der Waals surface area (Å²) in [6, 6.07) is 5.70. The lowest BCUT2D eigenvalue weighted by molar-refractivity contribution is 0.0615. The summed E-state index contributed by atoms with van der Waals surface area (Å²) in [6.45, 7) is 5.99. The Hall–Kier alpha value is -0.910. The van der Waals surface area contributed by atoms with Gasteiger partial charge < -0.3 is 10.0 Å². The first-order valence-electron chi connectivity index (χ1n) is 6.50. The normalized spacial score (nSPS) is 16.7. The molecule has 19 heavy (non-hydrogen) atoms.